The minimum atomic E-state index is 0.710. The lowest BCUT2D eigenvalue weighted by Crippen LogP contribution is -2.22. The number of nitrogens with one attached hydrogen (secondary N) is 1. The van der Waals surface area contributed by atoms with Crippen LogP contribution < -0.4 is 5.32 Å². The minimum absolute atomic E-state index is 0.710. The Labute approximate surface area is 100 Å². The lowest BCUT2D eigenvalue weighted by molar-refractivity contribution is 0.267. The standard InChI is InChI=1S/C14H26N2/c1-13-6-5-7-14(12-13)8-11-16-10-4-2-3-9-15/h13-14,16H,2-8,10-12H2,1H3. The van der Waals surface area contributed by atoms with Crippen LogP contribution in [-0.2, 0) is 0 Å². The lowest BCUT2D eigenvalue weighted by atomic mass is 9.81. The molecule has 1 saturated carbocycles. The summed E-state index contributed by atoms with van der Waals surface area (Å²) in [6.45, 7) is 4.65. The second-order valence-electron chi connectivity index (χ2n) is 5.29. The molecule has 1 N–H and O–H groups in total. The quantitative estimate of drug-likeness (QED) is 0.669. The molecule has 0 aromatic heterocycles. The van der Waals surface area contributed by atoms with Crippen LogP contribution in [0.15, 0.2) is 0 Å². The normalized spacial score (nSPS) is 25.2. The fraction of sp³-hybridized carbons (Fsp3) is 0.929. The van der Waals surface area contributed by atoms with Crippen molar-refractivity contribution in [2.45, 2.75) is 58.3 Å². The van der Waals surface area contributed by atoms with E-state index in [9.17, 15) is 0 Å². The second kappa shape index (κ2) is 8.58. The second-order valence-corrected chi connectivity index (χ2v) is 5.29. The smallest absolute Gasteiger partial charge is 0.0621 e. The van der Waals surface area contributed by atoms with E-state index in [1.165, 1.54) is 38.6 Å². The molecule has 0 spiro atoms. The van der Waals surface area contributed by atoms with Crippen molar-refractivity contribution in [3.8, 4) is 6.07 Å². The maximum atomic E-state index is 8.39. The molecule has 0 saturated heterocycles. The van der Waals surface area contributed by atoms with Crippen LogP contribution in [0.3, 0.4) is 0 Å². The number of hydrogen-bond donors (Lipinski definition) is 1. The topological polar surface area (TPSA) is 35.8 Å². The van der Waals surface area contributed by atoms with Gasteiger partial charge in [0.05, 0.1) is 6.07 Å². The maximum Gasteiger partial charge on any atom is 0.0621 e. The van der Waals surface area contributed by atoms with Gasteiger partial charge in [-0.25, -0.2) is 0 Å². The van der Waals surface area contributed by atoms with Gasteiger partial charge >= 0.3 is 0 Å². The number of rotatable bonds is 7. The van der Waals surface area contributed by atoms with Crippen LogP contribution in [0.25, 0.3) is 0 Å². The van der Waals surface area contributed by atoms with Crippen molar-refractivity contribution >= 4 is 0 Å². The zero-order chi connectivity index (χ0) is 11.6. The third-order valence-corrected chi connectivity index (χ3v) is 3.67. The maximum absolute atomic E-state index is 8.39. The zero-order valence-corrected chi connectivity index (χ0v) is 10.7. The third-order valence-electron chi connectivity index (χ3n) is 3.67. The van der Waals surface area contributed by atoms with Gasteiger partial charge in [0.15, 0.2) is 0 Å². The summed E-state index contributed by atoms with van der Waals surface area (Å²) in [5, 5.41) is 11.9. The fourth-order valence-electron chi connectivity index (χ4n) is 2.71. The summed E-state index contributed by atoms with van der Waals surface area (Å²) < 4.78 is 0. The Balaban J connectivity index is 1.89. The molecule has 2 heteroatoms. The third kappa shape index (κ3) is 6.12. The van der Waals surface area contributed by atoms with E-state index in [1.54, 1.807) is 0 Å². The van der Waals surface area contributed by atoms with E-state index in [0.717, 1.165) is 31.2 Å². The Morgan fingerprint density at radius 3 is 2.88 bits per heavy atom. The molecule has 1 fully saturated rings. The van der Waals surface area contributed by atoms with Crippen molar-refractivity contribution in [2.24, 2.45) is 11.8 Å². The predicted octanol–water partition coefficient (Wildman–Crippen LogP) is 3.49. The predicted molar refractivity (Wildman–Crippen MR) is 68.1 cm³/mol. The van der Waals surface area contributed by atoms with Gasteiger partial charge in [0.2, 0.25) is 0 Å². The summed E-state index contributed by atoms with van der Waals surface area (Å²) in [4.78, 5) is 0. The van der Waals surface area contributed by atoms with Crippen molar-refractivity contribution in [3.05, 3.63) is 0 Å². The Bertz CT molecular complexity index is 207. The Hall–Kier alpha value is -0.550. The molecule has 2 unspecified atom stereocenters. The monoisotopic (exact) mass is 222 g/mol. The molecule has 1 rings (SSSR count). The molecule has 0 aromatic rings. The van der Waals surface area contributed by atoms with E-state index >= 15 is 0 Å². The van der Waals surface area contributed by atoms with Gasteiger partial charge in [-0.15, -0.1) is 0 Å². The number of unbranched alkanes of at least 4 members (excludes halogenated alkanes) is 2. The van der Waals surface area contributed by atoms with Gasteiger partial charge in [0.25, 0.3) is 0 Å². The summed E-state index contributed by atoms with van der Waals surface area (Å²) in [6.07, 6.45) is 10.0. The number of hydrogen-bond acceptors (Lipinski definition) is 2. The summed E-state index contributed by atoms with van der Waals surface area (Å²) in [5.74, 6) is 1.92. The molecule has 16 heavy (non-hydrogen) atoms. The number of nitrogens with zero attached hydrogens (tertiary/aromatic N) is 1. The van der Waals surface area contributed by atoms with Crippen LogP contribution in [0.1, 0.15) is 58.3 Å². The highest BCUT2D eigenvalue weighted by atomic mass is 14.8. The summed E-state index contributed by atoms with van der Waals surface area (Å²) in [5.41, 5.74) is 0. The molecule has 2 atom stereocenters. The first-order valence-corrected chi connectivity index (χ1v) is 6.90. The van der Waals surface area contributed by atoms with Gasteiger partial charge in [-0.3, -0.25) is 0 Å². The molecular weight excluding hydrogens is 196 g/mol. The van der Waals surface area contributed by atoms with Crippen LogP contribution in [0.5, 0.6) is 0 Å². The lowest BCUT2D eigenvalue weighted by Gasteiger charge is -2.26. The Morgan fingerprint density at radius 2 is 2.12 bits per heavy atom. The average molecular weight is 222 g/mol. The SMILES string of the molecule is CC1CCCC(CCNCCCCC#N)C1. The van der Waals surface area contributed by atoms with Crippen LogP contribution in [0, 0.1) is 23.2 Å². The molecule has 0 bridgehead atoms. The van der Waals surface area contributed by atoms with Crippen LogP contribution in [0.2, 0.25) is 0 Å². The Kier molecular flexibility index (Phi) is 7.25. The summed E-state index contributed by atoms with van der Waals surface area (Å²) in [6, 6.07) is 2.19. The zero-order valence-electron chi connectivity index (χ0n) is 10.7. The van der Waals surface area contributed by atoms with E-state index in [1.807, 2.05) is 0 Å². The molecule has 92 valence electrons. The Morgan fingerprint density at radius 1 is 1.25 bits per heavy atom. The van der Waals surface area contributed by atoms with E-state index in [2.05, 4.69) is 18.3 Å². The molecule has 1 aliphatic carbocycles. The largest absolute Gasteiger partial charge is 0.317 e. The summed E-state index contributed by atoms with van der Waals surface area (Å²) >= 11 is 0. The minimum Gasteiger partial charge on any atom is -0.317 e. The molecule has 0 aliphatic heterocycles. The van der Waals surface area contributed by atoms with E-state index < -0.39 is 0 Å². The molecule has 2 nitrogen and oxygen atoms in total. The molecule has 0 amide bonds. The van der Waals surface area contributed by atoms with Gasteiger partial charge in [-0.2, -0.15) is 5.26 Å². The number of nitriles is 1. The molecule has 0 aromatic carbocycles. The first kappa shape index (κ1) is 13.5. The van der Waals surface area contributed by atoms with Crippen molar-refractivity contribution in [1.82, 2.24) is 5.32 Å². The first-order chi connectivity index (χ1) is 7.83. The van der Waals surface area contributed by atoms with Crippen molar-refractivity contribution in [3.63, 3.8) is 0 Å². The van der Waals surface area contributed by atoms with Crippen molar-refractivity contribution < 1.29 is 0 Å². The highest BCUT2D eigenvalue weighted by Gasteiger charge is 2.17. The summed E-state index contributed by atoms with van der Waals surface area (Å²) in [7, 11) is 0. The van der Waals surface area contributed by atoms with Gasteiger partial charge in [0, 0.05) is 6.42 Å². The molecule has 0 radical (unpaired) electrons. The van der Waals surface area contributed by atoms with Gasteiger partial charge in [-0.05, 0) is 50.6 Å². The molecule has 0 heterocycles. The average Bonchev–Trinajstić information content (AvgIpc) is 2.28. The van der Waals surface area contributed by atoms with Gasteiger partial charge < -0.3 is 5.32 Å². The van der Waals surface area contributed by atoms with Crippen LogP contribution in [0.4, 0.5) is 0 Å². The van der Waals surface area contributed by atoms with E-state index in [4.69, 9.17) is 5.26 Å². The van der Waals surface area contributed by atoms with Crippen LogP contribution >= 0.6 is 0 Å². The fourth-order valence-corrected chi connectivity index (χ4v) is 2.71. The highest BCUT2D eigenvalue weighted by molar-refractivity contribution is 4.71. The van der Waals surface area contributed by atoms with Crippen LogP contribution in [-0.4, -0.2) is 13.1 Å². The molecular formula is C14H26N2. The van der Waals surface area contributed by atoms with E-state index in [0.29, 0.717) is 6.42 Å². The first-order valence-electron chi connectivity index (χ1n) is 6.90. The molecule has 1 aliphatic rings. The van der Waals surface area contributed by atoms with E-state index in [-0.39, 0.29) is 0 Å². The van der Waals surface area contributed by atoms with Gasteiger partial charge in [-0.1, -0.05) is 26.2 Å². The van der Waals surface area contributed by atoms with Gasteiger partial charge in [0.1, 0.15) is 0 Å². The highest BCUT2D eigenvalue weighted by Crippen LogP contribution is 2.30. The van der Waals surface area contributed by atoms with Crippen molar-refractivity contribution in [2.75, 3.05) is 13.1 Å². The van der Waals surface area contributed by atoms with Crippen molar-refractivity contribution in [1.29, 1.82) is 5.26 Å².